The molecule has 0 radical (unpaired) electrons. The summed E-state index contributed by atoms with van der Waals surface area (Å²) in [6, 6.07) is 6.28. The number of benzene rings is 1. The zero-order valence-electron chi connectivity index (χ0n) is 10.5. The Kier molecular flexibility index (Phi) is 5.06. The second-order valence-electron chi connectivity index (χ2n) is 4.20. The largest absolute Gasteiger partial charge is 0.493 e. The predicted octanol–water partition coefficient (Wildman–Crippen LogP) is 3.06. The maximum Gasteiger partial charge on any atom is 0.123 e. The standard InChI is InChI=1S/C14H21NO/c1-11(2)7-8-16-14-6-5-12(3)9-13(14)10-15-4/h5-6,9,15H,1,7-8,10H2,2-4H3. The molecule has 16 heavy (non-hydrogen) atoms. The summed E-state index contributed by atoms with van der Waals surface area (Å²) in [7, 11) is 1.94. The maximum absolute atomic E-state index is 5.75. The molecule has 0 saturated heterocycles. The zero-order chi connectivity index (χ0) is 12.0. The van der Waals surface area contributed by atoms with Gasteiger partial charge in [0.2, 0.25) is 0 Å². The van der Waals surface area contributed by atoms with Crippen LogP contribution in [-0.2, 0) is 6.54 Å². The molecule has 88 valence electrons. The Morgan fingerprint density at radius 3 is 2.81 bits per heavy atom. The summed E-state index contributed by atoms with van der Waals surface area (Å²) < 4.78 is 5.75. The molecule has 2 nitrogen and oxygen atoms in total. The molecule has 0 fully saturated rings. The average Bonchev–Trinajstić information content (AvgIpc) is 2.21. The molecule has 0 saturated carbocycles. The summed E-state index contributed by atoms with van der Waals surface area (Å²) in [5, 5.41) is 3.15. The molecule has 2 heteroatoms. The zero-order valence-corrected chi connectivity index (χ0v) is 10.5. The van der Waals surface area contributed by atoms with Crippen molar-refractivity contribution in [3.63, 3.8) is 0 Å². The molecule has 1 N–H and O–H groups in total. The van der Waals surface area contributed by atoms with Crippen LogP contribution in [0.2, 0.25) is 0 Å². The van der Waals surface area contributed by atoms with Gasteiger partial charge >= 0.3 is 0 Å². The fourth-order valence-corrected chi connectivity index (χ4v) is 1.51. The van der Waals surface area contributed by atoms with Gasteiger partial charge in [0.1, 0.15) is 5.75 Å². The third-order valence-electron chi connectivity index (χ3n) is 2.37. The molecule has 0 atom stereocenters. The highest BCUT2D eigenvalue weighted by molar-refractivity contribution is 5.36. The number of hydrogen-bond acceptors (Lipinski definition) is 2. The predicted molar refractivity (Wildman–Crippen MR) is 68.9 cm³/mol. The highest BCUT2D eigenvalue weighted by Crippen LogP contribution is 2.20. The van der Waals surface area contributed by atoms with Crippen LogP contribution in [0.25, 0.3) is 0 Å². The smallest absolute Gasteiger partial charge is 0.123 e. The molecule has 1 aromatic carbocycles. The first-order valence-electron chi connectivity index (χ1n) is 5.65. The molecule has 0 aliphatic heterocycles. The minimum Gasteiger partial charge on any atom is -0.493 e. The Balaban J connectivity index is 2.66. The molecule has 0 unspecified atom stereocenters. The van der Waals surface area contributed by atoms with E-state index in [1.165, 1.54) is 11.1 Å². The molecule has 0 spiro atoms. The lowest BCUT2D eigenvalue weighted by Gasteiger charge is -2.12. The van der Waals surface area contributed by atoms with E-state index in [0.29, 0.717) is 6.61 Å². The van der Waals surface area contributed by atoms with Crippen molar-refractivity contribution in [2.45, 2.75) is 26.8 Å². The molecule has 1 aromatic rings. The lowest BCUT2D eigenvalue weighted by molar-refractivity contribution is 0.318. The summed E-state index contributed by atoms with van der Waals surface area (Å²) in [5.74, 6) is 0.973. The van der Waals surface area contributed by atoms with E-state index in [4.69, 9.17) is 4.74 Å². The lowest BCUT2D eigenvalue weighted by atomic mass is 10.1. The van der Waals surface area contributed by atoms with Gasteiger partial charge in [-0.05, 0) is 27.0 Å². The van der Waals surface area contributed by atoms with Gasteiger partial charge in [0.15, 0.2) is 0 Å². The third-order valence-corrected chi connectivity index (χ3v) is 2.37. The molecule has 1 rings (SSSR count). The van der Waals surface area contributed by atoms with Gasteiger partial charge in [0.25, 0.3) is 0 Å². The van der Waals surface area contributed by atoms with Crippen molar-refractivity contribution in [1.29, 1.82) is 0 Å². The van der Waals surface area contributed by atoms with Crippen molar-refractivity contribution in [1.82, 2.24) is 5.32 Å². The van der Waals surface area contributed by atoms with Crippen LogP contribution in [-0.4, -0.2) is 13.7 Å². The van der Waals surface area contributed by atoms with Gasteiger partial charge in [-0.25, -0.2) is 0 Å². The summed E-state index contributed by atoms with van der Waals surface area (Å²) in [6.45, 7) is 9.52. The van der Waals surface area contributed by atoms with Crippen molar-refractivity contribution >= 4 is 0 Å². The number of rotatable bonds is 6. The topological polar surface area (TPSA) is 21.3 Å². The van der Waals surface area contributed by atoms with Crippen molar-refractivity contribution < 1.29 is 4.74 Å². The normalized spacial score (nSPS) is 10.2. The van der Waals surface area contributed by atoms with E-state index in [1.807, 2.05) is 20.0 Å². The van der Waals surface area contributed by atoms with Crippen LogP contribution in [0.15, 0.2) is 30.4 Å². The molecule has 0 aromatic heterocycles. The second-order valence-corrected chi connectivity index (χ2v) is 4.20. The quantitative estimate of drug-likeness (QED) is 0.742. The van der Waals surface area contributed by atoms with Gasteiger partial charge < -0.3 is 10.1 Å². The molecule has 0 aliphatic carbocycles. The summed E-state index contributed by atoms with van der Waals surface area (Å²) >= 11 is 0. The summed E-state index contributed by atoms with van der Waals surface area (Å²) in [6.07, 6.45) is 0.910. The van der Waals surface area contributed by atoms with Gasteiger partial charge in [-0.2, -0.15) is 0 Å². The van der Waals surface area contributed by atoms with Crippen LogP contribution >= 0.6 is 0 Å². The van der Waals surface area contributed by atoms with Crippen LogP contribution in [0.5, 0.6) is 5.75 Å². The van der Waals surface area contributed by atoms with Gasteiger partial charge in [0, 0.05) is 18.5 Å². The monoisotopic (exact) mass is 219 g/mol. The Morgan fingerprint density at radius 1 is 1.44 bits per heavy atom. The first-order chi connectivity index (χ1) is 7.63. The number of aryl methyl sites for hydroxylation is 1. The van der Waals surface area contributed by atoms with Gasteiger partial charge in [-0.1, -0.05) is 23.3 Å². The van der Waals surface area contributed by atoms with Gasteiger partial charge in [-0.15, -0.1) is 6.58 Å². The van der Waals surface area contributed by atoms with Crippen LogP contribution in [0.4, 0.5) is 0 Å². The Morgan fingerprint density at radius 2 is 2.19 bits per heavy atom. The minimum atomic E-state index is 0.703. The first-order valence-corrected chi connectivity index (χ1v) is 5.65. The Labute approximate surface area is 98.3 Å². The highest BCUT2D eigenvalue weighted by Gasteiger charge is 2.03. The van der Waals surface area contributed by atoms with Crippen molar-refractivity contribution in [2.24, 2.45) is 0 Å². The van der Waals surface area contributed by atoms with E-state index < -0.39 is 0 Å². The Hall–Kier alpha value is -1.28. The first kappa shape index (κ1) is 12.8. The minimum absolute atomic E-state index is 0.703. The van der Waals surface area contributed by atoms with Crippen LogP contribution in [0, 0.1) is 6.92 Å². The third kappa shape index (κ3) is 4.07. The summed E-state index contributed by atoms with van der Waals surface area (Å²) in [4.78, 5) is 0. The van der Waals surface area contributed by atoms with E-state index >= 15 is 0 Å². The number of hydrogen-bond donors (Lipinski definition) is 1. The average molecular weight is 219 g/mol. The second kappa shape index (κ2) is 6.33. The number of nitrogens with one attached hydrogen (secondary N) is 1. The molecule has 0 amide bonds. The highest BCUT2D eigenvalue weighted by atomic mass is 16.5. The Bertz CT molecular complexity index is 358. The van der Waals surface area contributed by atoms with Crippen molar-refractivity contribution in [3.8, 4) is 5.75 Å². The van der Waals surface area contributed by atoms with Gasteiger partial charge in [0.05, 0.1) is 6.61 Å². The van der Waals surface area contributed by atoms with Crippen LogP contribution < -0.4 is 10.1 Å². The van der Waals surface area contributed by atoms with E-state index in [1.54, 1.807) is 0 Å². The molecule has 0 bridgehead atoms. The molecular formula is C14H21NO. The maximum atomic E-state index is 5.75. The van der Waals surface area contributed by atoms with Gasteiger partial charge in [-0.3, -0.25) is 0 Å². The van der Waals surface area contributed by atoms with Crippen LogP contribution in [0.1, 0.15) is 24.5 Å². The summed E-state index contributed by atoms with van der Waals surface area (Å²) in [5.41, 5.74) is 3.63. The van der Waals surface area contributed by atoms with Crippen LogP contribution in [0.3, 0.4) is 0 Å². The SMILES string of the molecule is C=C(C)CCOc1ccc(C)cc1CNC. The fraction of sp³-hybridized carbons (Fsp3) is 0.429. The number of ether oxygens (including phenoxy) is 1. The molecule has 0 aliphatic rings. The molecular weight excluding hydrogens is 198 g/mol. The molecule has 0 heterocycles. The van der Waals surface area contributed by atoms with Crippen molar-refractivity contribution in [2.75, 3.05) is 13.7 Å². The van der Waals surface area contributed by atoms with E-state index in [-0.39, 0.29) is 0 Å². The van der Waals surface area contributed by atoms with E-state index in [2.05, 4.69) is 31.0 Å². The van der Waals surface area contributed by atoms with E-state index in [0.717, 1.165) is 24.3 Å². The fourth-order valence-electron chi connectivity index (χ4n) is 1.51. The lowest BCUT2D eigenvalue weighted by Crippen LogP contribution is -2.08. The van der Waals surface area contributed by atoms with Crippen molar-refractivity contribution in [3.05, 3.63) is 41.5 Å². The van der Waals surface area contributed by atoms with E-state index in [9.17, 15) is 0 Å².